The minimum absolute atomic E-state index is 0.687. The molecule has 1 heterocycles. The van der Waals surface area contributed by atoms with Crippen LogP contribution >= 0.6 is 23.2 Å². The summed E-state index contributed by atoms with van der Waals surface area (Å²) in [5, 5.41) is 7.97. The number of halogens is 2. The van der Waals surface area contributed by atoms with Gasteiger partial charge < -0.3 is 0 Å². The Morgan fingerprint density at radius 2 is 1.76 bits per heavy atom. The molecule has 0 spiro atoms. The van der Waals surface area contributed by atoms with E-state index in [9.17, 15) is 0 Å². The summed E-state index contributed by atoms with van der Waals surface area (Å²) in [5.74, 6) is 0. The van der Waals surface area contributed by atoms with Crippen molar-refractivity contribution in [3.63, 3.8) is 0 Å². The van der Waals surface area contributed by atoms with Crippen LogP contribution in [0, 0.1) is 0 Å². The van der Waals surface area contributed by atoms with Crippen LogP contribution in [0.2, 0.25) is 10.0 Å². The minimum Gasteiger partial charge on any atom is -0.297 e. The quantitative estimate of drug-likeness (QED) is 0.736. The zero-order valence-electron chi connectivity index (χ0n) is 9.70. The normalized spacial score (nSPS) is 17.4. The Labute approximate surface area is 112 Å². The summed E-state index contributed by atoms with van der Waals surface area (Å²) in [6, 6.07) is 5.42. The van der Waals surface area contributed by atoms with Crippen molar-refractivity contribution in [2.24, 2.45) is 5.10 Å². The highest BCUT2D eigenvalue weighted by Gasteiger charge is 2.05. The Morgan fingerprint density at radius 1 is 1.06 bits per heavy atom. The van der Waals surface area contributed by atoms with Gasteiger partial charge >= 0.3 is 0 Å². The summed E-state index contributed by atoms with van der Waals surface area (Å²) in [4.78, 5) is 0. The van der Waals surface area contributed by atoms with Crippen LogP contribution in [-0.4, -0.2) is 24.3 Å². The van der Waals surface area contributed by atoms with E-state index in [2.05, 4.69) is 10.1 Å². The molecule has 0 amide bonds. The molecule has 1 fully saturated rings. The molecule has 0 radical (unpaired) electrons. The predicted octanol–water partition coefficient (Wildman–Crippen LogP) is 4.20. The van der Waals surface area contributed by atoms with Gasteiger partial charge in [-0.3, -0.25) is 5.01 Å². The van der Waals surface area contributed by atoms with E-state index in [4.69, 9.17) is 23.2 Å². The molecule has 2 rings (SSSR count). The van der Waals surface area contributed by atoms with Gasteiger partial charge in [0.15, 0.2) is 0 Å². The van der Waals surface area contributed by atoms with Crippen molar-refractivity contribution >= 4 is 29.4 Å². The third-order valence-corrected chi connectivity index (χ3v) is 3.48. The van der Waals surface area contributed by atoms with Crippen molar-refractivity contribution in [1.29, 1.82) is 0 Å². The lowest BCUT2D eigenvalue weighted by Crippen LogP contribution is -2.18. The summed E-state index contributed by atoms with van der Waals surface area (Å²) in [5.41, 5.74) is 0.878. The van der Waals surface area contributed by atoms with Gasteiger partial charge in [0.05, 0.1) is 6.21 Å². The second kappa shape index (κ2) is 6.27. The minimum atomic E-state index is 0.687. The molecular formula is C13H16Cl2N2. The second-order valence-electron chi connectivity index (χ2n) is 4.28. The van der Waals surface area contributed by atoms with Crippen molar-refractivity contribution in [3.05, 3.63) is 33.8 Å². The first-order valence-electron chi connectivity index (χ1n) is 6.00. The molecule has 92 valence electrons. The maximum absolute atomic E-state index is 6.08. The first kappa shape index (κ1) is 12.7. The summed E-state index contributed by atoms with van der Waals surface area (Å²) in [6.45, 7) is 2.07. The Morgan fingerprint density at radius 3 is 2.47 bits per heavy atom. The van der Waals surface area contributed by atoms with Crippen LogP contribution in [-0.2, 0) is 0 Å². The Kier molecular flexibility index (Phi) is 4.69. The molecule has 0 N–H and O–H groups in total. The number of nitrogens with zero attached hydrogens (tertiary/aromatic N) is 2. The van der Waals surface area contributed by atoms with Crippen LogP contribution in [0.4, 0.5) is 0 Å². The zero-order chi connectivity index (χ0) is 12.1. The van der Waals surface area contributed by atoms with Gasteiger partial charge in [-0.25, -0.2) is 0 Å². The lowest BCUT2D eigenvalue weighted by atomic mass is 10.2. The average Bonchev–Trinajstić information content (AvgIpc) is 2.59. The number of rotatable bonds is 2. The van der Waals surface area contributed by atoms with Gasteiger partial charge in [-0.2, -0.15) is 5.10 Å². The number of hydrogen-bond donors (Lipinski definition) is 0. The van der Waals surface area contributed by atoms with E-state index in [-0.39, 0.29) is 0 Å². The fourth-order valence-electron chi connectivity index (χ4n) is 1.93. The molecule has 1 aliphatic heterocycles. The topological polar surface area (TPSA) is 15.6 Å². The average molecular weight is 271 g/mol. The van der Waals surface area contributed by atoms with Gasteiger partial charge in [0.25, 0.3) is 0 Å². The fourth-order valence-corrected chi connectivity index (χ4v) is 2.27. The van der Waals surface area contributed by atoms with E-state index in [1.54, 1.807) is 18.3 Å². The summed E-state index contributed by atoms with van der Waals surface area (Å²) in [6.07, 6.45) is 6.87. The molecule has 17 heavy (non-hydrogen) atoms. The van der Waals surface area contributed by atoms with Crippen LogP contribution < -0.4 is 0 Å². The third-order valence-electron chi connectivity index (χ3n) is 2.90. The van der Waals surface area contributed by atoms with Crippen LogP contribution in [0.25, 0.3) is 0 Å². The molecular weight excluding hydrogens is 255 g/mol. The van der Waals surface area contributed by atoms with Gasteiger partial charge in [0.1, 0.15) is 0 Å². The van der Waals surface area contributed by atoms with Crippen LogP contribution in [0.3, 0.4) is 0 Å². The van der Waals surface area contributed by atoms with Crippen molar-refractivity contribution in [1.82, 2.24) is 5.01 Å². The Balaban J connectivity index is 2.05. The molecule has 2 nitrogen and oxygen atoms in total. The smallest absolute Gasteiger partial charge is 0.0558 e. The molecule has 1 saturated heterocycles. The largest absolute Gasteiger partial charge is 0.297 e. The first-order valence-corrected chi connectivity index (χ1v) is 6.75. The first-order chi connectivity index (χ1) is 8.25. The molecule has 4 heteroatoms. The van der Waals surface area contributed by atoms with E-state index < -0.39 is 0 Å². The monoisotopic (exact) mass is 270 g/mol. The van der Waals surface area contributed by atoms with Crippen LogP contribution in [0.15, 0.2) is 23.3 Å². The zero-order valence-corrected chi connectivity index (χ0v) is 11.2. The second-order valence-corrected chi connectivity index (χ2v) is 5.12. The SMILES string of the molecule is Clc1ccc(Cl)c(C=NN2CCCCCC2)c1. The highest BCUT2D eigenvalue weighted by atomic mass is 35.5. The van der Waals surface area contributed by atoms with Crippen molar-refractivity contribution in [3.8, 4) is 0 Å². The van der Waals surface area contributed by atoms with E-state index in [0.717, 1.165) is 18.7 Å². The number of hydrogen-bond acceptors (Lipinski definition) is 2. The van der Waals surface area contributed by atoms with Gasteiger partial charge in [0, 0.05) is 28.7 Å². The Bertz CT molecular complexity index is 396. The summed E-state index contributed by atoms with van der Waals surface area (Å²) >= 11 is 12.0. The lowest BCUT2D eigenvalue weighted by Gasteiger charge is -2.15. The van der Waals surface area contributed by atoms with Crippen molar-refractivity contribution < 1.29 is 0 Å². The fraction of sp³-hybridized carbons (Fsp3) is 0.462. The van der Waals surface area contributed by atoms with Gasteiger partial charge in [-0.05, 0) is 31.0 Å². The van der Waals surface area contributed by atoms with Gasteiger partial charge in [0.2, 0.25) is 0 Å². The molecule has 0 bridgehead atoms. The van der Waals surface area contributed by atoms with Gasteiger partial charge in [-0.1, -0.05) is 36.0 Å². The third kappa shape index (κ3) is 3.90. The summed E-state index contributed by atoms with van der Waals surface area (Å²) < 4.78 is 0. The van der Waals surface area contributed by atoms with E-state index >= 15 is 0 Å². The Hall–Kier alpha value is -0.730. The maximum Gasteiger partial charge on any atom is 0.0558 e. The molecule has 1 aliphatic rings. The molecule has 1 aromatic rings. The van der Waals surface area contributed by atoms with Crippen LogP contribution in [0.1, 0.15) is 31.2 Å². The molecule has 0 atom stereocenters. The van der Waals surface area contributed by atoms with Crippen molar-refractivity contribution in [2.45, 2.75) is 25.7 Å². The number of benzene rings is 1. The highest BCUT2D eigenvalue weighted by Crippen LogP contribution is 2.19. The van der Waals surface area contributed by atoms with E-state index in [1.807, 2.05) is 6.07 Å². The van der Waals surface area contributed by atoms with E-state index in [1.165, 1.54) is 25.7 Å². The standard InChI is InChI=1S/C13H16Cl2N2/c14-12-5-6-13(15)11(9-12)10-16-17-7-3-1-2-4-8-17/h5-6,9-10H,1-4,7-8H2. The van der Waals surface area contributed by atoms with Crippen molar-refractivity contribution in [2.75, 3.05) is 13.1 Å². The van der Waals surface area contributed by atoms with E-state index in [0.29, 0.717) is 10.0 Å². The molecule has 1 aromatic carbocycles. The lowest BCUT2D eigenvalue weighted by molar-refractivity contribution is 0.302. The summed E-state index contributed by atoms with van der Waals surface area (Å²) in [7, 11) is 0. The molecule has 0 saturated carbocycles. The molecule has 0 aromatic heterocycles. The molecule has 0 aliphatic carbocycles. The predicted molar refractivity (Wildman–Crippen MR) is 74.1 cm³/mol. The number of hydrazone groups is 1. The highest BCUT2D eigenvalue weighted by molar-refractivity contribution is 6.35. The van der Waals surface area contributed by atoms with Gasteiger partial charge in [-0.15, -0.1) is 0 Å². The molecule has 0 unspecified atom stereocenters. The van der Waals surface area contributed by atoms with Crippen LogP contribution in [0.5, 0.6) is 0 Å². The maximum atomic E-state index is 6.08.